The molecule has 0 aliphatic carbocycles. The molecule has 1 aromatic rings. The molecule has 0 radical (unpaired) electrons. The number of hydrogen-bond acceptors (Lipinski definition) is 3. The fourth-order valence-corrected chi connectivity index (χ4v) is 2.66. The second-order valence-corrected chi connectivity index (χ2v) is 6.42. The zero-order valence-electron chi connectivity index (χ0n) is 15.1. The molecule has 1 aliphatic rings. The smallest absolute Gasteiger partial charge is 0.193 e. The highest BCUT2D eigenvalue weighted by Crippen LogP contribution is 2.04. The van der Waals surface area contributed by atoms with E-state index in [0.717, 1.165) is 45.4 Å². The van der Waals surface area contributed by atoms with E-state index >= 15 is 0 Å². The number of nitrogens with zero attached hydrogens (tertiary/aromatic N) is 3. The van der Waals surface area contributed by atoms with Crippen LogP contribution >= 0.6 is 24.0 Å². The van der Waals surface area contributed by atoms with Crippen molar-refractivity contribution >= 4 is 29.9 Å². The summed E-state index contributed by atoms with van der Waals surface area (Å²) in [6, 6.07) is 10.4. The summed E-state index contributed by atoms with van der Waals surface area (Å²) >= 11 is 0. The molecule has 0 aromatic heterocycles. The van der Waals surface area contributed by atoms with Gasteiger partial charge in [0.25, 0.3) is 0 Å². The number of nitrogens with one attached hydrogen (secondary N) is 1. The first-order valence-corrected chi connectivity index (χ1v) is 8.45. The van der Waals surface area contributed by atoms with Gasteiger partial charge in [0, 0.05) is 40.3 Å². The van der Waals surface area contributed by atoms with E-state index in [9.17, 15) is 0 Å². The van der Waals surface area contributed by atoms with Gasteiger partial charge in [-0.05, 0) is 11.5 Å². The van der Waals surface area contributed by atoms with Crippen LogP contribution in [0.3, 0.4) is 0 Å². The summed E-state index contributed by atoms with van der Waals surface area (Å²) in [6.45, 7) is 8.86. The van der Waals surface area contributed by atoms with Crippen LogP contribution in [0, 0.1) is 5.92 Å². The lowest BCUT2D eigenvalue weighted by molar-refractivity contribution is 0.0320. The quantitative estimate of drug-likeness (QED) is 0.414. The summed E-state index contributed by atoms with van der Waals surface area (Å²) in [7, 11) is 4.06. The molecular formula is C18H31IN4O. The monoisotopic (exact) mass is 446 g/mol. The van der Waals surface area contributed by atoms with Crippen LogP contribution in [-0.4, -0.2) is 69.2 Å². The van der Waals surface area contributed by atoms with Gasteiger partial charge in [-0.2, -0.15) is 0 Å². The third-order valence-corrected chi connectivity index (χ3v) is 3.96. The van der Waals surface area contributed by atoms with E-state index < -0.39 is 0 Å². The Kier molecular flexibility index (Phi) is 10.3. The fourth-order valence-electron chi connectivity index (χ4n) is 2.66. The van der Waals surface area contributed by atoms with Crippen molar-refractivity contribution in [1.29, 1.82) is 0 Å². The van der Waals surface area contributed by atoms with Gasteiger partial charge < -0.3 is 15.0 Å². The minimum atomic E-state index is 0. The van der Waals surface area contributed by atoms with Crippen molar-refractivity contribution in [3.05, 3.63) is 35.9 Å². The summed E-state index contributed by atoms with van der Waals surface area (Å²) in [5, 5.41) is 3.50. The summed E-state index contributed by atoms with van der Waals surface area (Å²) in [4.78, 5) is 9.23. The van der Waals surface area contributed by atoms with E-state index in [1.54, 1.807) is 0 Å². The first kappa shape index (κ1) is 21.2. The largest absolute Gasteiger partial charge is 0.379 e. The number of benzene rings is 1. The lowest BCUT2D eigenvalue weighted by atomic mass is 10.1. The molecule has 6 heteroatoms. The summed E-state index contributed by atoms with van der Waals surface area (Å²) in [5.74, 6) is 1.53. The molecular weight excluding hydrogens is 415 g/mol. The van der Waals surface area contributed by atoms with Gasteiger partial charge in [-0.3, -0.25) is 4.90 Å². The van der Waals surface area contributed by atoms with Gasteiger partial charge in [0.1, 0.15) is 0 Å². The molecule has 0 spiro atoms. The number of hydrogen-bond donors (Lipinski definition) is 1. The molecule has 24 heavy (non-hydrogen) atoms. The molecule has 2 rings (SSSR count). The predicted molar refractivity (Wildman–Crippen MR) is 111 cm³/mol. The summed E-state index contributed by atoms with van der Waals surface area (Å²) in [5.41, 5.74) is 1.23. The van der Waals surface area contributed by atoms with Gasteiger partial charge in [0.2, 0.25) is 0 Å². The maximum absolute atomic E-state index is 5.40. The highest BCUT2D eigenvalue weighted by Gasteiger charge is 2.14. The van der Waals surface area contributed by atoms with Crippen molar-refractivity contribution < 1.29 is 4.74 Å². The lowest BCUT2D eigenvalue weighted by Gasteiger charge is -2.29. The number of ether oxygens (including phenoxy) is 1. The van der Waals surface area contributed by atoms with Crippen LogP contribution in [0.1, 0.15) is 12.5 Å². The van der Waals surface area contributed by atoms with Gasteiger partial charge in [-0.25, -0.2) is 4.99 Å². The summed E-state index contributed by atoms with van der Waals surface area (Å²) < 4.78 is 5.40. The summed E-state index contributed by atoms with van der Waals surface area (Å²) in [6.07, 6.45) is 0. The van der Waals surface area contributed by atoms with Crippen LogP contribution in [0.25, 0.3) is 0 Å². The highest BCUT2D eigenvalue weighted by atomic mass is 127. The van der Waals surface area contributed by atoms with Crippen LogP contribution in [0.15, 0.2) is 35.3 Å². The van der Waals surface area contributed by atoms with Gasteiger partial charge in [0.15, 0.2) is 5.96 Å². The Morgan fingerprint density at radius 1 is 1.25 bits per heavy atom. The van der Waals surface area contributed by atoms with Crippen molar-refractivity contribution in [2.45, 2.75) is 13.5 Å². The Labute approximate surface area is 163 Å². The first-order chi connectivity index (χ1) is 11.1. The molecule has 1 fully saturated rings. The second-order valence-electron chi connectivity index (χ2n) is 6.42. The Morgan fingerprint density at radius 2 is 1.92 bits per heavy atom. The third kappa shape index (κ3) is 7.81. The SMILES string of the molecule is CC(CNC(=NCc1ccccc1)N(C)C)CN1CCOCC1.I. The van der Waals surface area contributed by atoms with E-state index in [4.69, 9.17) is 9.73 Å². The molecule has 136 valence electrons. The van der Waals surface area contributed by atoms with Crippen molar-refractivity contribution in [3.8, 4) is 0 Å². The van der Waals surface area contributed by atoms with Gasteiger partial charge in [-0.1, -0.05) is 37.3 Å². The Hall–Kier alpha value is -0.860. The Morgan fingerprint density at radius 3 is 2.54 bits per heavy atom. The number of morpholine rings is 1. The zero-order valence-corrected chi connectivity index (χ0v) is 17.4. The molecule has 1 unspecified atom stereocenters. The average molecular weight is 446 g/mol. The van der Waals surface area contributed by atoms with Crippen molar-refractivity contribution in [2.75, 3.05) is 53.5 Å². The molecule has 0 saturated carbocycles. The third-order valence-electron chi connectivity index (χ3n) is 3.96. The van der Waals surface area contributed by atoms with Crippen LogP contribution in [0.2, 0.25) is 0 Å². The van der Waals surface area contributed by atoms with Crippen molar-refractivity contribution in [3.63, 3.8) is 0 Å². The van der Waals surface area contributed by atoms with E-state index in [0.29, 0.717) is 12.5 Å². The van der Waals surface area contributed by atoms with Crippen LogP contribution in [0.4, 0.5) is 0 Å². The minimum absolute atomic E-state index is 0. The zero-order chi connectivity index (χ0) is 16.5. The topological polar surface area (TPSA) is 40.1 Å². The number of rotatable bonds is 6. The molecule has 1 N–H and O–H groups in total. The fraction of sp³-hybridized carbons (Fsp3) is 0.611. The van der Waals surface area contributed by atoms with Crippen molar-refractivity contribution in [1.82, 2.24) is 15.1 Å². The van der Waals surface area contributed by atoms with Gasteiger partial charge in [0.05, 0.1) is 19.8 Å². The van der Waals surface area contributed by atoms with Crippen LogP contribution in [0.5, 0.6) is 0 Å². The minimum Gasteiger partial charge on any atom is -0.379 e. The standard InChI is InChI=1S/C18H30N4O.HI/c1-16(15-22-9-11-23-12-10-22)13-19-18(21(2)3)20-14-17-7-5-4-6-8-17;/h4-8,16H,9-15H2,1-3H3,(H,19,20);1H. The molecule has 1 atom stereocenters. The Balaban J connectivity index is 0.00000288. The number of guanidine groups is 1. The van der Waals surface area contributed by atoms with E-state index in [2.05, 4.69) is 41.4 Å². The van der Waals surface area contributed by atoms with E-state index in [-0.39, 0.29) is 24.0 Å². The average Bonchev–Trinajstić information content (AvgIpc) is 2.56. The molecule has 5 nitrogen and oxygen atoms in total. The lowest BCUT2D eigenvalue weighted by Crippen LogP contribution is -2.43. The maximum atomic E-state index is 5.40. The first-order valence-electron chi connectivity index (χ1n) is 8.45. The van der Waals surface area contributed by atoms with Crippen molar-refractivity contribution in [2.24, 2.45) is 10.9 Å². The van der Waals surface area contributed by atoms with Crippen LogP contribution in [-0.2, 0) is 11.3 Å². The molecule has 1 heterocycles. The predicted octanol–water partition coefficient (Wildman–Crippen LogP) is 2.28. The number of halogens is 1. The molecule has 1 aliphatic heterocycles. The molecule has 0 amide bonds. The molecule has 0 bridgehead atoms. The van der Waals surface area contributed by atoms with E-state index in [1.807, 2.05) is 25.1 Å². The van der Waals surface area contributed by atoms with E-state index in [1.165, 1.54) is 5.56 Å². The molecule has 1 saturated heterocycles. The highest BCUT2D eigenvalue weighted by molar-refractivity contribution is 14.0. The van der Waals surface area contributed by atoms with Crippen LogP contribution < -0.4 is 5.32 Å². The maximum Gasteiger partial charge on any atom is 0.193 e. The Bertz CT molecular complexity index is 475. The van der Waals surface area contributed by atoms with Gasteiger partial charge in [-0.15, -0.1) is 24.0 Å². The normalized spacial score (nSPS) is 17.0. The molecule has 1 aromatic carbocycles. The second kappa shape index (κ2) is 11.7. The number of aliphatic imine (C=N–C) groups is 1. The van der Waals surface area contributed by atoms with Gasteiger partial charge >= 0.3 is 0 Å².